The van der Waals surface area contributed by atoms with E-state index in [2.05, 4.69) is 0 Å². The molecule has 0 amide bonds. The number of rotatable bonds is 0. The number of hydrogen-bond acceptors (Lipinski definition) is 3. The number of nitrogens with two attached hydrogens (primary N) is 2. The van der Waals surface area contributed by atoms with Gasteiger partial charge in [-0.25, -0.2) is 0 Å². The van der Waals surface area contributed by atoms with Crippen LogP contribution in [0.4, 0.5) is 0 Å². The third kappa shape index (κ3) is 1.60. The van der Waals surface area contributed by atoms with E-state index in [0.717, 1.165) is 0 Å². The molecule has 0 spiro atoms. The minimum atomic E-state index is -1.10. The van der Waals surface area contributed by atoms with Crippen LogP contribution in [0, 0.1) is 11.3 Å². The summed E-state index contributed by atoms with van der Waals surface area (Å²) in [5.74, 6) is 0. The molecule has 0 saturated carbocycles. The molecule has 0 aliphatic heterocycles. The molecule has 58 valence electrons. The highest BCUT2D eigenvalue weighted by Gasteiger charge is 2.27. The number of hydrogen-bond donors (Lipinski definition) is 2. The van der Waals surface area contributed by atoms with Crippen molar-refractivity contribution in [2.24, 2.45) is 11.5 Å². The van der Waals surface area contributed by atoms with Crippen LogP contribution < -0.4 is 11.5 Å². The van der Waals surface area contributed by atoms with E-state index < -0.39 is 11.0 Å². The minimum Gasteiger partial charge on any atom is -0.309 e. The van der Waals surface area contributed by atoms with Crippen molar-refractivity contribution in [1.82, 2.24) is 0 Å². The van der Waals surface area contributed by atoms with E-state index in [0.29, 0.717) is 5.57 Å². The maximum Gasteiger partial charge on any atom is 0.105 e. The molecular formula is C7H8ClN3. The summed E-state index contributed by atoms with van der Waals surface area (Å²) in [5.41, 5.74) is 10.5. The zero-order valence-corrected chi connectivity index (χ0v) is 6.55. The summed E-state index contributed by atoms with van der Waals surface area (Å²) in [7, 11) is 0. The Morgan fingerprint density at radius 2 is 2.27 bits per heavy atom. The molecule has 0 aromatic heterocycles. The van der Waals surface area contributed by atoms with E-state index in [9.17, 15) is 0 Å². The minimum absolute atomic E-state index is 0.445. The van der Waals surface area contributed by atoms with E-state index in [1.807, 2.05) is 6.07 Å². The fraction of sp³-hybridized carbons (Fsp3) is 0.286. The second-order valence-corrected chi connectivity index (χ2v) is 2.94. The number of nitrogens with zero attached hydrogens (tertiary/aromatic N) is 1. The van der Waals surface area contributed by atoms with Gasteiger partial charge in [-0.05, 0) is 12.2 Å². The average molecular weight is 170 g/mol. The third-order valence-corrected chi connectivity index (χ3v) is 1.98. The zero-order chi connectivity index (χ0) is 8.48. The van der Waals surface area contributed by atoms with E-state index in [1.54, 1.807) is 12.2 Å². The van der Waals surface area contributed by atoms with Crippen LogP contribution in [0.15, 0.2) is 23.8 Å². The van der Waals surface area contributed by atoms with E-state index in [-0.39, 0.29) is 0 Å². The highest BCUT2D eigenvalue weighted by Crippen LogP contribution is 2.18. The molecule has 1 aliphatic rings. The lowest BCUT2D eigenvalue weighted by Crippen LogP contribution is -2.55. The Morgan fingerprint density at radius 3 is 2.73 bits per heavy atom. The van der Waals surface area contributed by atoms with Crippen molar-refractivity contribution < 1.29 is 0 Å². The van der Waals surface area contributed by atoms with Crippen molar-refractivity contribution >= 4 is 11.6 Å². The Balaban J connectivity index is 2.96. The van der Waals surface area contributed by atoms with Crippen molar-refractivity contribution in [2.75, 3.05) is 0 Å². The topological polar surface area (TPSA) is 75.8 Å². The van der Waals surface area contributed by atoms with Gasteiger partial charge in [0.25, 0.3) is 0 Å². The van der Waals surface area contributed by atoms with E-state index >= 15 is 0 Å². The van der Waals surface area contributed by atoms with Gasteiger partial charge in [0.2, 0.25) is 0 Å². The van der Waals surface area contributed by atoms with Crippen LogP contribution in [-0.2, 0) is 0 Å². The van der Waals surface area contributed by atoms with Crippen LogP contribution >= 0.6 is 11.6 Å². The summed E-state index contributed by atoms with van der Waals surface area (Å²) in [4.78, 5) is 0. The molecule has 11 heavy (non-hydrogen) atoms. The number of alkyl halides is 1. The van der Waals surface area contributed by atoms with Crippen LogP contribution in [0.1, 0.15) is 0 Å². The third-order valence-electron chi connectivity index (χ3n) is 1.46. The molecule has 1 unspecified atom stereocenters. The first-order chi connectivity index (χ1) is 5.06. The molecule has 0 bridgehead atoms. The Morgan fingerprint density at radius 1 is 1.64 bits per heavy atom. The van der Waals surface area contributed by atoms with Crippen LogP contribution in [0.25, 0.3) is 0 Å². The molecule has 1 rings (SSSR count). The van der Waals surface area contributed by atoms with Gasteiger partial charge >= 0.3 is 0 Å². The quantitative estimate of drug-likeness (QED) is 0.403. The number of halogens is 1. The Bertz CT molecular complexity index is 259. The SMILES string of the molecule is N#CC1=CC(N)(N)C(Cl)C=C1. The first-order valence-electron chi connectivity index (χ1n) is 3.09. The summed E-state index contributed by atoms with van der Waals surface area (Å²) in [6.45, 7) is 0. The predicted octanol–water partition coefficient (Wildman–Crippen LogP) is 0.227. The van der Waals surface area contributed by atoms with Gasteiger partial charge in [0.05, 0.1) is 17.0 Å². The fourth-order valence-corrected chi connectivity index (χ4v) is 0.957. The summed E-state index contributed by atoms with van der Waals surface area (Å²) >= 11 is 5.74. The van der Waals surface area contributed by atoms with Gasteiger partial charge in [-0.1, -0.05) is 6.08 Å². The number of nitriles is 1. The molecule has 0 aromatic rings. The van der Waals surface area contributed by atoms with Gasteiger partial charge < -0.3 is 11.5 Å². The molecule has 0 aromatic carbocycles. The molecule has 1 aliphatic carbocycles. The van der Waals surface area contributed by atoms with Crippen molar-refractivity contribution in [2.45, 2.75) is 11.0 Å². The molecular weight excluding hydrogens is 162 g/mol. The smallest absolute Gasteiger partial charge is 0.105 e. The molecule has 0 radical (unpaired) electrons. The van der Waals surface area contributed by atoms with Crippen molar-refractivity contribution in [3.63, 3.8) is 0 Å². The van der Waals surface area contributed by atoms with Gasteiger partial charge in [0, 0.05) is 0 Å². The predicted molar refractivity (Wildman–Crippen MR) is 43.6 cm³/mol. The molecule has 4 N–H and O–H groups in total. The highest BCUT2D eigenvalue weighted by molar-refractivity contribution is 6.23. The second-order valence-electron chi connectivity index (χ2n) is 2.47. The Kier molecular flexibility index (Phi) is 2.01. The van der Waals surface area contributed by atoms with Gasteiger partial charge in [-0.2, -0.15) is 5.26 Å². The largest absolute Gasteiger partial charge is 0.309 e. The van der Waals surface area contributed by atoms with Gasteiger partial charge in [-0.3, -0.25) is 0 Å². The van der Waals surface area contributed by atoms with Gasteiger partial charge in [0.1, 0.15) is 5.66 Å². The molecule has 1 atom stereocenters. The standard InChI is InChI=1S/C7H8ClN3/c8-6-2-1-5(4-9)3-7(6,10)11/h1-3,6H,10-11H2. The lowest BCUT2D eigenvalue weighted by atomic mass is 9.98. The lowest BCUT2D eigenvalue weighted by Gasteiger charge is -2.26. The molecule has 0 fully saturated rings. The van der Waals surface area contributed by atoms with E-state index in [4.69, 9.17) is 28.3 Å². The van der Waals surface area contributed by atoms with Gasteiger partial charge in [-0.15, -0.1) is 11.6 Å². The lowest BCUT2D eigenvalue weighted by molar-refractivity contribution is 0.561. The summed E-state index contributed by atoms with van der Waals surface area (Å²) < 4.78 is 0. The fourth-order valence-electron chi connectivity index (χ4n) is 0.821. The normalized spacial score (nSPS) is 27.5. The van der Waals surface area contributed by atoms with Crippen LogP contribution in [0.5, 0.6) is 0 Å². The first-order valence-corrected chi connectivity index (χ1v) is 3.53. The van der Waals surface area contributed by atoms with Crippen molar-refractivity contribution in [1.29, 1.82) is 5.26 Å². The summed E-state index contributed by atoms with van der Waals surface area (Å²) in [6.07, 6.45) is 4.68. The maximum atomic E-state index is 8.49. The first kappa shape index (κ1) is 8.28. The van der Waals surface area contributed by atoms with Crippen LogP contribution in [0.2, 0.25) is 0 Å². The Labute approximate surface area is 69.9 Å². The van der Waals surface area contributed by atoms with Crippen LogP contribution in [0.3, 0.4) is 0 Å². The Hall–Kier alpha value is -0.820. The van der Waals surface area contributed by atoms with Gasteiger partial charge in [0.15, 0.2) is 0 Å². The zero-order valence-electron chi connectivity index (χ0n) is 5.79. The number of allylic oxidation sites excluding steroid dienone is 2. The summed E-state index contributed by atoms with van der Waals surface area (Å²) in [5, 5.41) is 8.04. The molecule has 0 heterocycles. The molecule has 3 nitrogen and oxygen atoms in total. The maximum absolute atomic E-state index is 8.49. The van der Waals surface area contributed by atoms with Crippen molar-refractivity contribution in [3.8, 4) is 6.07 Å². The summed E-state index contributed by atoms with van der Waals surface area (Å²) in [6, 6.07) is 1.94. The second kappa shape index (κ2) is 2.67. The molecule has 4 heteroatoms. The van der Waals surface area contributed by atoms with Crippen LogP contribution in [-0.4, -0.2) is 11.0 Å². The average Bonchev–Trinajstić information content (AvgIpc) is 1.95. The van der Waals surface area contributed by atoms with E-state index in [1.165, 1.54) is 6.08 Å². The van der Waals surface area contributed by atoms with Crippen molar-refractivity contribution in [3.05, 3.63) is 23.8 Å². The molecule has 0 saturated heterocycles. The highest BCUT2D eigenvalue weighted by atomic mass is 35.5. The monoisotopic (exact) mass is 169 g/mol.